The summed E-state index contributed by atoms with van der Waals surface area (Å²) in [5.41, 5.74) is 1.87. The molecule has 0 fully saturated rings. The molecule has 2 aromatic heterocycles. The second-order valence-corrected chi connectivity index (χ2v) is 4.28. The molecule has 0 unspecified atom stereocenters. The highest BCUT2D eigenvalue weighted by atomic mass is 16.2. The minimum Gasteiger partial charge on any atom is -0.257 e. The van der Waals surface area contributed by atoms with Crippen LogP contribution in [0.5, 0.6) is 0 Å². The third kappa shape index (κ3) is 2.67. The normalized spacial score (nSPS) is 10.8. The highest BCUT2D eigenvalue weighted by Crippen LogP contribution is 2.04. The molecule has 0 aliphatic rings. The summed E-state index contributed by atoms with van der Waals surface area (Å²) in [6, 6.07) is -0.141. The van der Waals surface area contributed by atoms with E-state index in [2.05, 4.69) is 16.9 Å². The molecule has 5 nitrogen and oxygen atoms in total. The van der Waals surface area contributed by atoms with Crippen LogP contribution in [0.15, 0.2) is 25.0 Å². The molecular formula is C13H18N4O. The second kappa shape index (κ2) is 5.62. The molecule has 0 spiro atoms. The SMILES string of the molecule is CCCCc1cn(C(=O)n2cnc(CC)c2)cn1. The molecule has 0 aliphatic carbocycles. The van der Waals surface area contributed by atoms with E-state index in [1.165, 1.54) is 9.13 Å². The van der Waals surface area contributed by atoms with Crippen LogP contribution in [0.4, 0.5) is 4.79 Å². The van der Waals surface area contributed by atoms with E-state index >= 15 is 0 Å². The Morgan fingerprint density at radius 3 is 2.28 bits per heavy atom. The number of carbonyl (C=O) groups is 1. The number of imidazole rings is 2. The first-order valence-electron chi connectivity index (χ1n) is 6.35. The summed E-state index contributed by atoms with van der Waals surface area (Å²) in [5, 5.41) is 0. The number of nitrogens with zero attached hydrogens (tertiary/aromatic N) is 4. The van der Waals surface area contributed by atoms with E-state index in [-0.39, 0.29) is 6.03 Å². The van der Waals surface area contributed by atoms with E-state index in [0.29, 0.717) is 0 Å². The smallest absolute Gasteiger partial charge is 0.257 e. The monoisotopic (exact) mass is 246 g/mol. The van der Waals surface area contributed by atoms with Gasteiger partial charge in [0.25, 0.3) is 0 Å². The van der Waals surface area contributed by atoms with Gasteiger partial charge in [0.15, 0.2) is 0 Å². The average molecular weight is 246 g/mol. The maximum atomic E-state index is 12.1. The van der Waals surface area contributed by atoms with Crippen LogP contribution in [0.2, 0.25) is 0 Å². The molecule has 5 heteroatoms. The largest absolute Gasteiger partial charge is 0.338 e. The summed E-state index contributed by atoms with van der Waals surface area (Å²) >= 11 is 0. The fourth-order valence-electron chi connectivity index (χ4n) is 1.74. The van der Waals surface area contributed by atoms with E-state index in [9.17, 15) is 4.79 Å². The van der Waals surface area contributed by atoms with Crippen molar-refractivity contribution in [1.82, 2.24) is 19.1 Å². The zero-order valence-corrected chi connectivity index (χ0v) is 10.8. The predicted octanol–water partition coefficient (Wildman–Crippen LogP) is 2.50. The van der Waals surface area contributed by atoms with Crippen LogP contribution >= 0.6 is 0 Å². The Balaban J connectivity index is 2.10. The van der Waals surface area contributed by atoms with E-state index in [0.717, 1.165) is 37.1 Å². The van der Waals surface area contributed by atoms with Gasteiger partial charge in [-0.25, -0.2) is 14.8 Å². The maximum Gasteiger partial charge on any atom is 0.338 e. The Bertz CT molecular complexity index is 527. The molecular weight excluding hydrogens is 228 g/mol. The molecule has 0 bridgehead atoms. The number of rotatable bonds is 4. The summed E-state index contributed by atoms with van der Waals surface area (Å²) < 4.78 is 3.00. The Kier molecular flexibility index (Phi) is 3.92. The number of hydrogen-bond acceptors (Lipinski definition) is 3. The fourth-order valence-corrected chi connectivity index (χ4v) is 1.74. The Morgan fingerprint density at radius 1 is 1.11 bits per heavy atom. The zero-order valence-electron chi connectivity index (χ0n) is 10.8. The van der Waals surface area contributed by atoms with E-state index in [1.54, 1.807) is 25.0 Å². The van der Waals surface area contributed by atoms with Gasteiger partial charge < -0.3 is 0 Å². The molecule has 2 rings (SSSR count). The van der Waals surface area contributed by atoms with Gasteiger partial charge in [0, 0.05) is 12.4 Å². The first kappa shape index (κ1) is 12.5. The molecule has 0 aromatic carbocycles. The van der Waals surface area contributed by atoms with Crippen molar-refractivity contribution in [3.05, 3.63) is 36.4 Å². The van der Waals surface area contributed by atoms with Crippen LogP contribution in [-0.2, 0) is 12.8 Å². The molecule has 2 aromatic rings. The first-order valence-corrected chi connectivity index (χ1v) is 6.35. The van der Waals surface area contributed by atoms with Gasteiger partial charge in [0.1, 0.15) is 12.7 Å². The zero-order chi connectivity index (χ0) is 13.0. The molecule has 96 valence electrons. The van der Waals surface area contributed by atoms with Gasteiger partial charge in [0.2, 0.25) is 0 Å². The van der Waals surface area contributed by atoms with Gasteiger partial charge >= 0.3 is 6.03 Å². The van der Waals surface area contributed by atoms with Crippen LogP contribution < -0.4 is 0 Å². The van der Waals surface area contributed by atoms with Crippen molar-refractivity contribution in [2.75, 3.05) is 0 Å². The van der Waals surface area contributed by atoms with Crippen molar-refractivity contribution in [2.45, 2.75) is 39.5 Å². The minimum atomic E-state index is -0.141. The van der Waals surface area contributed by atoms with Gasteiger partial charge in [-0.05, 0) is 19.3 Å². The van der Waals surface area contributed by atoms with Gasteiger partial charge in [-0.1, -0.05) is 20.3 Å². The molecule has 0 radical (unpaired) electrons. The lowest BCUT2D eigenvalue weighted by atomic mass is 10.2. The Morgan fingerprint density at radius 2 is 1.72 bits per heavy atom. The lowest BCUT2D eigenvalue weighted by Crippen LogP contribution is -2.16. The summed E-state index contributed by atoms with van der Waals surface area (Å²) in [5.74, 6) is 0. The minimum absolute atomic E-state index is 0.141. The van der Waals surface area contributed by atoms with Gasteiger partial charge in [-0.15, -0.1) is 0 Å². The van der Waals surface area contributed by atoms with Crippen LogP contribution in [0, 0.1) is 0 Å². The highest BCUT2D eigenvalue weighted by Gasteiger charge is 2.09. The third-order valence-corrected chi connectivity index (χ3v) is 2.86. The molecule has 0 atom stereocenters. The number of hydrogen-bond donors (Lipinski definition) is 0. The summed E-state index contributed by atoms with van der Waals surface area (Å²) in [6.07, 6.45) is 10.6. The van der Waals surface area contributed by atoms with Crippen molar-refractivity contribution in [3.8, 4) is 0 Å². The van der Waals surface area contributed by atoms with Gasteiger partial charge in [-0.3, -0.25) is 9.13 Å². The van der Waals surface area contributed by atoms with Crippen molar-refractivity contribution in [2.24, 2.45) is 0 Å². The second-order valence-electron chi connectivity index (χ2n) is 4.28. The number of aryl methyl sites for hydroxylation is 2. The number of aromatic nitrogens is 4. The van der Waals surface area contributed by atoms with Gasteiger partial charge in [0.05, 0.1) is 11.4 Å². The van der Waals surface area contributed by atoms with Crippen LogP contribution in [0.25, 0.3) is 0 Å². The molecule has 2 heterocycles. The van der Waals surface area contributed by atoms with Crippen molar-refractivity contribution < 1.29 is 4.79 Å². The lowest BCUT2D eigenvalue weighted by Gasteiger charge is -1.99. The Labute approximate surface area is 106 Å². The highest BCUT2D eigenvalue weighted by molar-refractivity contribution is 5.79. The van der Waals surface area contributed by atoms with E-state index in [4.69, 9.17) is 0 Å². The molecule has 0 amide bonds. The summed E-state index contributed by atoms with van der Waals surface area (Å²) in [7, 11) is 0. The fraction of sp³-hybridized carbons (Fsp3) is 0.462. The molecule has 18 heavy (non-hydrogen) atoms. The van der Waals surface area contributed by atoms with Gasteiger partial charge in [-0.2, -0.15) is 0 Å². The maximum absolute atomic E-state index is 12.1. The number of unbranched alkanes of at least 4 members (excludes halogenated alkanes) is 1. The quantitative estimate of drug-likeness (QED) is 0.832. The van der Waals surface area contributed by atoms with Crippen molar-refractivity contribution in [3.63, 3.8) is 0 Å². The number of carbonyl (C=O) groups excluding carboxylic acids is 1. The summed E-state index contributed by atoms with van der Waals surface area (Å²) in [4.78, 5) is 20.5. The summed E-state index contributed by atoms with van der Waals surface area (Å²) in [6.45, 7) is 4.15. The molecule has 0 saturated heterocycles. The lowest BCUT2D eigenvalue weighted by molar-refractivity contribution is 0.243. The predicted molar refractivity (Wildman–Crippen MR) is 68.6 cm³/mol. The molecule has 0 aliphatic heterocycles. The van der Waals surface area contributed by atoms with Crippen molar-refractivity contribution in [1.29, 1.82) is 0 Å². The van der Waals surface area contributed by atoms with Crippen LogP contribution in [0.1, 0.15) is 38.1 Å². The van der Waals surface area contributed by atoms with Crippen LogP contribution in [0.3, 0.4) is 0 Å². The van der Waals surface area contributed by atoms with E-state index in [1.807, 2.05) is 6.92 Å². The molecule has 0 N–H and O–H groups in total. The molecule has 0 saturated carbocycles. The van der Waals surface area contributed by atoms with Crippen molar-refractivity contribution >= 4 is 6.03 Å². The topological polar surface area (TPSA) is 52.7 Å². The Hall–Kier alpha value is -1.91. The van der Waals surface area contributed by atoms with Crippen LogP contribution in [-0.4, -0.2) is 25.1 Å². The average Bonchev–Trinajstić information content (AvgIpc) is 3.04. The first-order chi connectivity index (χ1) is 8.74. The van der Waals surface area contributed by atoms with E-state index < -0.39 is 0 Å². The third-order valence-electron chi connectivity index (χ3n) is 2.86. The standard InChI is InChI=1S/C13H18N4O/c1-3-5-6-12-8-17(10-15-12)13(18)16-7-11(4-2)14-9-16/h7-10H,3-6H2,1-2H3.